The van der Waals surface area contributed by atoms with Crippen LogP contribution < -0.4 is 5.32 Å². The SMILES string of the molecule is COCCn1cc(Nc2ncc(Br)cc2C)cn1. The van der Waals surface area contributed by atoms with E-state index in [4.69, 9.17) is 4.74 Å². The number of aromatic nitrogens is 3. The summed E-state index contributed by atoms with van der Waals surface area (Å²) >= 11 is 3.39. The largest absolute Gasteiger partial charge is 0.383 e. The number of hydrogen-bond donors (Lipinski definition) is 1. The molecule has 6 heteroatoms. The Labute approximate surface area is 114 Å². The average Bonchev–Trinajstić information content (AvgIpc) is 2.78. The molecule has 2 aromatic heterocycles. The van der Waals surface area contributed by atoms with Gasteiger partial charge in [-0.15, -0.1) is 0 Å². The number of rotatable bonds is 5. The van der Waals surface area contributed by atoms with Crippen LogP contribution in [0, 0.1) is 6.92 Å². The molecular formula is C12H15BrN4O. The van der Waals surface area contributed by atoms with Crippen LogP contribution in [-0.2, 0) is 11.3 Å². The predicted molar refractivity (Wildman–Crippen MR) is 74.1 cm³/mol. The first-order chi connectivity index (χ1) is 8.69. The second-order valence-electron chi connectivity index (χ2n) is 3.93. The Hall–Kier alpha value is -1.40. The molecule has 0 amide bonds. The van der Waals surface area contributed by atoms with Crippen molar-refractivity contribution in [2.75, 3.05) is 19.0 Å². The summed E-state index contributed by atoms with van der Waals surface area (Å²) in [7, 11) is 1.68. The van der Waals surface area contributed by atoms with Crippen LogP contribution in [0.2, 0.25) is 0 Å². The molecule has 2 aromatic rings. The molecule has 0 unspecified atom stereocenters. The van der Waals surface area contributed by atoms with Gasteiger partial charge in [-0.1, -0.05) is 0 Å². The van der Waals surface area contributed by atoms with E-state index in [2.05, 4.69) is 31.3 Å². The fourth-order valence-electron chi connectivity index (χ4n) is 1.54. The maximum atomic E-state index is 5.01. The van der Waals surface area contributed by atoms with E-state index in [1.807, 2.05) is 23.9 Å². The third-order valence-corrected chi connectivity index (χ3v) is 2.90. The second-order valence-corrected chi connectivity index (χ2v) is 4.84. The number of methoxy groups -OCH3 is 1. The first-order valence-corrected chi connectivity index (χ1v) is 6.39. The predicted octanol–water partition coefficient (Wildman–Crippen LogP) is 2.74. The van der Waals surface area contributed by atoms with E-state index in [1.165, 1.54) is 0 Å². The van der Waals surface area contributed by atoms with E-state index in [1.54, 1.807) is 19.5 Å². The molecule has 0 atom stereocenters. The molecule has 0 aliphatic heterocycles. The van der Waals surface area contributed by atoms with Crippen molar-refractivity contribution in [3.63, 3.8) is 0 Å². The Kier molecular flexibility index (Phi) is 4.33. The quantitative estimate of drug-likeness (QED) is 0.922. The van der Waals surface area contributed by atoms with Crippen LogP contribution >= 0.6 is 15.9 Å². The van der Waals surface area contributed by atoms with Crippen molar-refractivity contribution in [1.29, 1.82) is 0 Å². The van der Waals surface area contributed by atoms with Gasteiger partial charge in [0.25, 0.3) is 0 Å². The molecule has 96 valence electrons. The highest BCUT2D eigenvalue weighted by molar-refractivity contribution is 9.10. The zero-order valence-corrected chi connectivity index (χ0v) is 11.9. The minimum atomic E-state index is 0.649. The van der Waals surface area contributed by atoms with Gasteiger partial charge in [0.05, 0.1) is 25.0 Å². The van der Waals surface area contributed by atoms with Gasteiger partial charge in [-0.25, -0.2) is 4.98 Å². The third-order valence-electron chi connectivity index (χ3n) is 2.47. The highest BCUT2D eigenvalue weighted by atomic mass is 79.9. The van der Waals surface area contributed by atoms with E-state index in [0.717, 1.165) is 28.1 Å². The van der Waals surface area contributed by atoms with E-state index < -0.39 is 0 Å². The summed E-state index contributed by atoms with van der Waals surface area (Å²) in [6.45, 7) is 3.40. The molecular weight excluding hydrogens is 296 g/mol. The number of anilines is 2. The number of nitrogens with one attached hydrogen (secondary N) is 1. The van der Waals surface area contributed by atoms with Gasteiger partial charge >= 0.3 is 0 Å². The van der Waals surface area contributed by atoms with Crippen molar-refractivity contribution in [3.05, 3.63) is 34.7 Å². The summed E-state index contributed by atoms with van der Waals surface area (Å²) in [5.74, 6) is 0.837. The zero-order valence-electron chi connectivity index (χ0n) is 10.4. The van der Waals surface area contributed by atoms with Gasteiger partial charge in [0, 0.05) is 24.0 Å². The minimum absolute atomic E-state index is 0.649. The lowest BCUT2D eigenvalue weighted by molar-refractivity contribution is 0.183. The molecule has 5 nitrogen and oxygen atoms in total. The van der Waals surface area contributed by atoms with Gasteiger partial charge in [0.2, 0.25) is 0 Å². The van der Waals surface area contributed by atoms with Gasteiger partial charge in [-0.3, -0.25) is 4.68 Å². The van der Waals surface area contributed by atoms with Gasteiger partial charge in [0.1, 0.15) is 5.82 Å². The second kappa shape index (κ2) is 5.97. The highest BCUT2D eigenvalue weighted by Crippen LogP contribution is 2.20. The first kappa shape index (κ1) is 13.0. The molecule has 0 saturated carbocycles. The fraction of sp³-hybridized carbons (Fsp3) is 0.333. The smallest absolute Gasteiger partial charge is 0.133 e. The monoisotopic (exact) mass is 310 g/mol. The summed E-state index contributed by atoms with van der Waals surface area (Å²) in [5, 5.41) is 7.47. The highest BCUT2D eigenvalue weighted by Gasteiger charge is 2.03. The molecule has 0 aliphatic carbocycles. The number of hydrogen-bond acceptors (Lipinski definition) is 4. The first-order valence-electron chi connectivity index (χ1n) is 5.59. The van der Waals surface area contributed by atoms with Gasteiger partial charge < -0.3 is 10.1 Å². The van der Waals surface area contributed by atoms with Crippen LogP contribution in [0.25, 0.3) is 0 Å². The summed E-state index contributed by atoms with van der Waals surface area (Å²) in [6, 6.07) is 2.02. The standard InChI is InChI=1S/C12H15BrN4O/c1-9-5-10(13)6-14-12(9)16-11-7-15-17(8-11)3-4-18-2/h5-8H,3-4H2,1-2H3,(H,14,16). The normalized spacial score (nSPS) is 10.6. The minimum Gasteiger partial charge on any atom is -0.383 e. The lowest BCUT2D eigenvalue weighted by Crippen LogP contribution is -2.04. The molecule has 0 bridgehead atoms. The Balaban J connectivity index is 2.06. The number of aryl methyl sites for hydroxylation is 1. The molecule has 1 N–H and O–H groups in total. The third kappa shape index (κ3) is 3.30. The van der Waals surface area contributed by atoms with E-state index in [-0.39, 0.29) is 0 Å². The topological polar surface area (TPSA) is 52.0 Å². The molecule has 2 heterocycles. The maximum absolute atomic E-state index is 5.01. The van der Waals surface area contributed by atoms with Crippen LogP contribution in [0.3, 0.4) is 0 Å². The number of halogens is 1. The molecule has 0 radical (unpaired) electrons. The van der Waals surface area contributed by atoms with E-state index in [9.17, 15) is 0 Å². The fourth-order valence-corrected chi connectivity index (χ4v) is 1.99. The molecule has 0 aliphatic rings. The van der Waals surface area contributed by atoms with Crippen LogP contribution in [0.1, 0.15) is 5.56 Å². The molecule has 0 spiro atoms. The molecule has 0 saturated heterocycles. The van der Waals surface area contributed by atoms with Crippen molar-refractivity contribution < 1.29 is 4.74 Å². The van der Waals surface area contributed by atoms with Crippen molar-refractivity contribution in [2.24, 2.45) is 0 Å². The Morgan fingerprint density at radius 2 is 2.28 bits per heavy atom. The van der Waals surface area contributed by atoms with Crippen LogP contribution in [0.4, 0.5) is 11.5 Å². The Morgan fingerprint density at radius 3 is 3.00 bits per heavy atom. The van der Waals surface area contributed by atoms with Crippen LogP contribution in [0.15, 0.2) is 29.1 Å². The van der Waals surface area contributed by atoms with Crippen molar-refractivity contribution in [1.82, 2.24) is 14.8 Å². The number of pyridine rings is 1. The molecule has 18 heavy (non-hydrogen) atoms. The lowest BCUT2D eigenvalue weighted by atomic mass is 10.3. The van der Waals surface area contributed by atoms with Crippen molar-refractivity contribution in [2.45, 2.75) is 13.5 Å². The summed E-state index contributed by atoms with van der Waals surface area (Å²) < 4.78 is 7.81. The van der Waals surface area contributed by atoms with Gasteiger partial charge in [-0.05, 0) is 34.5 Å². The van der Waals surface area contributed by atoms with Gasteiger partial charge in [0.15, 0.2) is 0 Å². The van der Waals surface area contributed by atoms with Gasteiger partial charge in [-0.2, -0.15) is 5.10 Å². The lowest BCUT2D eigenvalue weighted by Gasteiger charge is -2.06. The summed E-state index contributed by atoms with van der Waals surface area (Å²) in [4.78, 5) is 4.32. The summed E-state index contributed by atoms with van der Waals surface area (Å²) in [5.41, 5.74) is 2.00. The maximum Gasteiger partial charge on any atom is 0.133 e. The molecule has 0 aromatic carbocycles. The molecule has 2 rings (SSSR count). The van der Waals surface area contributed by atoms with Crippen molar-refractivity contribution >= 4 is 27.4 Å². The average molecular weight is 311 g/mol. The zero-order chi connectivity index (χ0) is 13.0. The van der Waals surface area contributed by atoms with Crippen LogP contribution in [-0.4, -0.2) is 28.5 Å². The van der Waals surface area contributed by atoms with Crippen molar-refractivity contribution in [3.8, 4) is 0 Å². The Bertz CT molecular complexity index is 527. The van der Waals surface area contributed by atoms with E-state index in [0.29, 0.717) is 6.61 Å². The number of nitrogens with zero attached hydrogens (tertiary/aromatic N) is 3. The Morgan fingerprint density at radius 1 is 1.44 bits per heavy atom. The van der Waals surface area contributed by atoms with E-state index >= 15 is 0 Å². The number of ether oxygens (including phenoxy) is 1. The molecule has 0 fully saturated rings. The summed E-state index contributed by atoms with van der Waals surface area (Å²) in [6.07, 6.45) is 5.48. The van der Waals surface area contributed by atoms with Crippen LogP contribution in [0.5, 0.6) is 0 Å².